The van der Waals surface area contributed by atoms with Crippen LogP contribution in [0.1, 0.15) is 59.6 Å². The van der Waals surface area contributed by atoms with Gasteiger partial charge in [-0.25, -0.2) is 0 Å². The van der Waals surface area contributed by atoms with E-state index in [1.165, 1.54) is 5.56 Å². The molecular weight excluding hydrogens is 300 g/mol. The summed E-state index contributed by atoms with van der Waals surface area (Å²) in [5.74, 6) is 0.396. The van der Waals surface area contributed by atoms with Gasteiger partial charge in [0, 0.05) is 0 Å². The second kappa shape index (κ2) is 12.2. The molecule has 0 spiro atoms. The third-order valence-electron chi connectivity index (χ3n) is 1.96. The average molecular weight is 330 g/mol. The van der Waals surface area contributed by atoms with Crippen molar-refractivity contribution >= 4 is 0 Å². The van der Waals surface area contributed by atoms with Gasteiger partial charge < -0.3 is 15.3 Å². The van der Waals surface area contributed by atoms with Gasteiger partial charge in [0.15, 0.2) is 0 Å². The van der Waals surface area contributed by atoms with E-state index < -0.39 is 12.2 Å². The van der Waals surface area contributed by atoms with Gasteiger partial charge in [-0.15, -0.1) is 12.2 Å². The molecule has 0 atom stereocenters. The molecular formula is C17H30O3Ti. The topological polar surface area (TPSA) is 66.3 Å². The maximum Gasteiger partial charge on any atom is 2.00 e. The van der Waals surface area contributed by atoms with Crippen molar-refractivity contribution < 1.29 is 37.0 Å². The Hall–Kier alpha value is -0.346. The third kappa shape index (κ3) is 17.6. The number of hydrogen-bond acceptors (Lipinski definition) is 3. The Balaban J connectivity index is -0.000000304. The Bertz CT molecular complexity index is 357. The number of aryl methyl sites for hydroxylation is 1. The number of phenols is 1. The Kier molecular flexibility index (Phi) is 14.9. The Labute approximate surface area is 145 Å². The van der Waals surface area contributed by atoms with E-state index in [2.05, 4.69) is 20.8 Å². The molecule has 21 heavy (non-hydrogen) atoms. The maximum absolute atomic E-state index is 9.57. The monoisotopic (exact) mass is 330 g/mol. The van der Waals surface area contributed by atoms with Crippen LogP contribution < -0.4 is 10.2 Å². The molecule has 0 saturated carbocycles. The van der Waals surface area contributed by atoms with Crippen molar-refractivity contribution in [1.82, 2.24) is 0 Å². The van der Waals surface area contributed by atoms with Gasteiger partial charge in [0.25, 0.3) is 0 Å². The number of rotatable bonds is 0. The number of aromatic hydroxyl groups is 1. The van der Waals surface area contributed by atoms with E-state index >= 15 is 0 Å². The van der Waals surface area contributed by atoms with Crippen LogP contribution in [-0.2, 0) is 27.1 Å². The Morgan fingerprint density at radius 1 is 0.952 bits per heavy atom. The van der Waals surface area contributed by atoms with Gasteiger partial charge in [-0.05, 0) is 24.0 Å². The minimum absolute atomic E-state index is 0. The van der Waals surface area contributed by atoms with Crippen LogP contribution in [0.5, 0.6) is 5.75 Å². The van der Waals surface area contributed by atoms with Crippen LogP contribution in [0.25, 0.3) is 0 Å². The van der Waals surface area contributed by atoms with Crippen molar-refractivity contribution in [2.45, 2.75) is 73.0 Å². The van der Waals surface area contributed by atoms with E-state index in [-0.39, 0.29) is 27.1 Å². The van der Waals surface area contributed by atoms with Crippen molar-refractivity contribution in [3.8, 4) is 5.75 Å². The van der Waals surface area contributed by atoms with Gasteiger partial charge in [0.2, 0.25) is 0 Å². The first-order valence-electron chi connectivity index (χ1n) is 6.99. The van der Waals surface area contributed by atoms with Gasteiger partial charge in [-0.2, -0.15) is 0 Å². The fourth-order valence-corrected chi connectivity index (χ4v) is 1.25. The fraction of sp³-hybridized carbons (Fsp3) is 0.647. The van der Waals surface area contributed by atoms with Crippen molar-refractivity contribution in [1.29, 1.82) is 0 Å². The number of hydrogen-bond donors (Lipinski definition) is 1. The van der Waals surface area contributed by atoms with Gasteiger partial charge in [-0.3, -0.25) is 0 Å². The standard InChI is InChI=1S/C11H16O.2C3H7O.Ti/c1-8-5-6-10(12)9(7-8)11(2,3)4;2*1-3(2)4;/h5-7,12H,1-4H3;2*3H,1-2H3;/q;2*-1;+2. The molecule has 120 valence electrons. The maximum atomic E-state index is 9.57. The first-order chi connectivity index (χ1) is 8.87. The predicted octanol–water partition coefficient (Wildman–Crippen LogP) is 2.51. The summed E-state index contributed by atoms with van der Waals surface area (Å²) >= 11 is 0. The second-order valence-corrected chi connectivity index (χ2v) is 6.37. The molecule has 0 unspecified atom stereocenters. The van der Waals surface area contributed by atoms with E-state index in [0.29, 0.717) is 5.75 Å². The fourth-order valence-electron chi connectivity index (χ4n) is 1.25. The van der Waals surface area contributed by atoms with Crippen LogP contribution in [0.4, 0.5) is 0 Å². The van der Waals surface area contributed by atoms with Crippen LogP contribution >= 0.6 is 0 Å². The summed E-state index contributed by atoms with van der Waals surface area (Å²) in [5, 5.41) is 28.6. The van der Waals surface area contributed by atoms with Crippen LogP contribution in [-0.4, -0.2) is 17.3 Å². The zero-order chi connectivity index (χ0) is 16.5. The molecule has 1 rings (SSSR count). The number of phenolic OH excluding ortho intramolecular Hbond substituents is 1. The largest absolute Gasteiger partial charge is 2.00 e. The first-order valence-corrected chi connectivity index (χ1v) is 6.99. The summed E-state index contributed by atoms with van der Waals surface area (Å²) in [5.41, 5.74) is 2.23. The molecule has 0 aliphatic carbocycles. The van der Waals surface area contributed by atoms with E-state index in [0.717, 1.165) is 5.56 Å². The molecule has 1 aromatic carbocycles. The minimum Gasteiger partial charge on any atom is -0.852 e. The smallest absolute Gasteiger partial charge is 0.852 e. The zero-order valence-corrected chi connectivity index (χ0v) is 16.2. The van der Waals surface area contributed by atoms with Crippen molar-refractivity contribution in [2.75, 3.05) is 0 Å². The third-order valence-corrected chi connectivity index (χ3v) is 1.96. The second-order valence-electron chi connectivity index (χ2n) is 6.37. The molecule has 1 aromatic rings. The first kappa shape index (κ1) is 25.6. The summed E-state index contributed by atoms with van der Waals surface area (Å²) < 4.78 is 0. The van der Waals surface area contributed by atoms with E-state index in [1.54, 1.807) is 33.8 Å². The van der Waals surface area contributed by atoms with Crippen LogP contribution in [0.15, 0.2) is 18.2 Å². The van der Waals surface area contributed by atoms with Gasteiger partial charge in [-0.1, -0.05) is 66.2 Å². The van der Waals surface area contributed by atoms with Crippen LogP contribution in [0, 0.1) is 6.92 Å². The summed E-state index contributed by atoms with van der Waals surface area (Å²) in [6.45, 7) is 14.8. The van der Waals surface area contributed by atoms with E-state index in [4.69, 9.17) is 0 Å². The molecule has 0 bridgehead atoms. The molecule has 0 aliphatic rings. The summed E-state index contributed by atoms with van der Waals surface area (Å²) in [7, 11) is 0. The van der Waals surface area contributed by atoms with E-state index in [9.17, 15) is 15.3 Å². The molecule has 4 heteroatoms. The van der Waals surface area contributed by atoms with Crippen LogP contribution in [0.2, 0.25) is 0 Å². The molecule has 0 aromatic heterocycles. The Morgan fingerprint density at radius 3 is 1.52 bits per heavy atom. The number of benzene rings is 1. The molecule has 0 radical (unpaired) electrons. The quantitative estimate of drug-likeness (QED) is 0.743. The molecule has 0 aliphatic heterocycles. The van der Waals surface area contributed by atoms with E-state index in [1.807, 2.05) is 19.1 Å². The minimum atomic E-state index is -0.417. The molecule has 0 heterocycles. The average Bonchev–Trinajstić information content (AvgIpc) is 2.18. The Morgan fingerprint density at radius 2 is 1.29 bits per heavy atom. The molecule has 3 nitrogen and oxygen atoms in total. The molecule has 1 N–H and O–H groups in total. The zero-order valence-electron chi connectivity index (χ0n) is 14.7. The van der Waals surface area contributed by atoms with Gasteiger partial charge in [0.05, 0.1) is 0 Å². The van der Waals surface area contributed by atoms with Crippen molar-refractivity contribution in [3.05, 3.63) is 29.3 Å². The molecule has 0 fully saturated rings. The summed E-state index contributed by atoms with van der Waals surface area (Å²) in [6, 6.07) is 5.72. The summed E-state index contributed by atoms with van der Waals surface area (Å²) in [6.07, 6.45) is -0.833. The van der Waals surface area contributed by atoms with Gasteiger partial charge >= 0.3 is 21.7 Å². The predicted molar refractivity (Wildman–Crippen MR) is 81.8 cm³/mol. The van der Waals surface area contributed by atoms with Crippen LogP contribution in [0.3, 0.4) is 0 Å². The van der Waals surface area contributed by atoms with Gasteiger partial charge in [0.1, 0.15) is 5.75 Å². The van der Waals surface area contributed by atoms with Crippen molar-refractivity contribution in [3.63, 3.8) is 0 Å². The SMILES string of the molecule is CC(C)[O-].CC(C)[O-].Cc1ccc(O)c(C(C)(C)C)c1.[Ti+2]. The normalized spacial score (nSPS) is 10.1. The van der Waals surface area contributed by atoms with Crippen molar-refractivity contribution in [2.24, 2.45) is 0 Å². The molecule has 0 saturated heterocycles. The summed E-state index contributed by atoms with van der Waals surface area (Å²) in [4.78, 5) is 0. The molecule has 0 amide bonds.